The number of nitrogens with zero attached hydrogens (tertiary/aromatic N) is 2. The number of ether oxygens (including phenoxy) is 1. The van der Waals surface area contributed by atoms with E-state index in [9.17, 15) is 14.4 Å². The standard InChI is InChI=1S/C12H18N2O4S/c1-18-12(17)9-3-2-4-13(5-9)10(15)6-14-8-19-7-11(14)16/h9H,2-8H2,1H3/t9-/m0/s1. The topological polar surface area (TPSA) is 66.9 Å². The highest BCUT2D eigenvalue weighted by molar-refractivity contribution is 8.00. The van der Waals surface area contributed by atoms with E-state index in [-0.39, 0.29) is 30.2 Å². The van der Waals surface area contributed by atoms with Crippen LogP contribution < -0.4 is 0 Å². The normalized spacial score (nSPS) is 23.6. The second-order valence-electron chi connectivity index (χ2n) is 4.77. The van der Waals surface area contributed by atoms with Crippen molar-refractivity contribution < 1.29 is 19.1 Å². The lowest BCUT2D eigenvalue weighted by Gasteiger charge is -2.32. The molecule has 0 N–H and O–H groups in total. The monoisotopic (exact) mass is 286 g/mol. The van der Waals surface area contributed by atoms with Gasteiger partial charge in [-0.1, -0.05) is 0 Å². The van der Waals surface area contributed by atoms with Crippen molar-refractivity contribution in [1.82, 2.24) is 9.80 Å². The molecule has 0 bridgehead atoms. The van der Waals surface area contributed by atoms with Crippen LogP contribution in [0.15, 0.2) is 0 Å². The van der Waals surface area contributed by atoms with Gasteiger partial charge in [-0.3, -0.25) is 14.4 Å². The molecule has 6 nitrogen and oxygen atoms in total. The number of hydrogen-bond acceptors (Lipinski definition) is 5. The van der Waals surface area contributed by atoms with E-state index in [2.05, 4.69) is 0 Å². The van der Waals surface area contributed by atoms with Crippen molar-refractivity contribution in [2.45, 2.75) is 12.8 Å². The van der Waals surface area contributed by atoms with E-state index >= 15 is 0 Å². The largest absolute Gasteiger partial charge is 0.469 e. The highest BCUT2D eigenvalue weighted by Crippen LogP contribution is 2.19. The lowest BCUT2D eigenvalue weighted by atomic mass is 9.98. The Hall–Kier alpha value is -1.24. The third kappa shape index (κ3) is 3.40. The van der Waals surface area contributed by atoms with E-state index in [1.807, 2.05) is 0 Å². The van der Waals surface area contributed by atoms with Crippen LogP contribution in [-0.2, 0) is 19.1 Å². The summed E-state index contributed by atoms with van der Waals surface area (Å²) in [6, 6.07) is 0. The van der Waals surface area contributed by atoms with Crippen LogP contribution in [-0.4, -0.2) is 66.0 Å². The summed E-state index contributed by atoms with van der Waals surface area (Å²) in [5, 5.41) is 0. The molecule has 0 aromatic rings. The smallest absolute Gasteiger partial charge is 0.310 e. The zero-order valence-corrected chi connectivity index (χ0v) is 11.8. The molecule has 1 atom stereocenters. The molecule has 0 unspecified atom stereocenters. The number of carbonyl (C=O) groups excluding carboxylic acids is 3. The third-order valence-electron chi connectivity index (χ3n) is 3.46. The Morgan fingerprint density at radius 2 is 2.26 bits per heavy atom. The van der Waals surface area contributed by atoms with Gasteiger partial charge in [0.15, 0.2) is 0 Å². The molecule has 0 aromatic heterocycles. The van der Waals surface area contributed by atoms with Crippen LogP contribution in [0.2, 0.25) is 0 Å². The van der Waals surface area contributed by atoms with E-state index in [0.29, 0.717) is 24.7 Å². The number of likely N-dealkylation sites (tertiary alicyclic amines) is 1. The summed E-state index contributed by atoms with van der Waals surface area (Å²) in [5.74, 6) is 0.484. The van der Waals surface area contributed by atoms with Crippen molar-refractivity contribution in [3.8, 4) is 0 Å². The van der Waals surface area contributed by atoms with Gasteiger partial charge in [0.1, 0.15) is 6.54 Å². The van der Waals surface area contributed by atoms with E-state index in [4.69, 9.17) is 4.74 Å². The van der Waals surface area contributed by atoms with Crippen molar-refractivity contribution in [2.75, 3.05) is 38.4 Å². The van der Waals surface area contributed by atoms with Crippen molar-refractivity contribution in [3.05, 3.63) is 0 Å². The molecule has 19 heavy (non-hydrogen) atoms. The van der Waals surface area contributed by atoms with Gasteiger partial charge >= 0.3 is 5.97 Å². The fourth-order valence-electron chi connectivity index (χ4n) is 2.37. The molecule has 7 heteroatoms. The number of carbonyl (C=O) groups is 3. The first-order valence-corrected chi connectivity index (χ1v) is 7.48. The zero-order chi connectivity index (χ0) is 13.8. The summed E-state index contributed by atoms with van der Waals surface area (Å²) in [5.41, 5.74) is 0. The first-order chi connectivity index (χ1) is 9.11. The first kappa shape index (κ1) is 14.2. The lowest BCUT2D eigenvalue weighted by Crippen LogP contribution is -2.47. The van der Waals surface area contributed by atoms with Gasteiger partial charge in [0.05, 0.1) is 24.7 Å². The summed E-state index contributed by atoms with van der Waals surface area (Å²) in [6.45, 7) is 1.18. The zero-order valence-electron chi connectivity index (χ0n) is 11.0. The maximum absolute atomic E-state index is 12.1. The number of amides is 2. The number of thioether (sulfide) groups is 1. The quantitative estimate of drug-likeness (QED) is 0.680. The van der Waals surface area contributed by atoms with Crippen LogP contribution >= 0.6 is 11.8 Å². The summed E-state index contributed by atoms with van der Waals surface area (Å²) in [6.07, 6.45) is 1.56. The molecule has 2 fully saturated rings. The van der Waals surface area contributed by atoms with Gasteiger partial charge in [0.25, 0.3) is 0 Å². The predicted octanol–water partition coefficient (Wildman–Crippen LogP) is -0.0691. The SMILES string of the molecule is COC(=O)[C@H]1CCCN(C(=O)CN2CSCC2=O)C1. The second kappa shape index (κ2) is 6.27. The third-order valence-corrected chi connectivity index (χ3v) is 4.41. The minimum atomic E-state index is -0.259. The summed E-state index contributed by atoms with van der Waals surface area (Å²) in [7, 11) is 1.36. The molecule has 2 heterocycles. The molecule has 2 aliphatic rings. The van der Waals surface area contributed by atoms with Crippen LogP contribution in [0.1, 0.15) is 12.8 Å². The minimum Gasteiger partial charge on any atom is -0.469 e. The number of esters is 1. The van der Waals surface area contributed by atoms with Gasteiger partial charge in [-0.2, -0.15) is 0 Å². The maximum Gasteiger partial charge on any atom is 0.310 e. The number of piperidine rings is 1. The van der Waals surface area contributed by atoms with E-state index < -0.39 is 0 Å². The Balaban J connectivity index is 1.88. The molecule has 106 valence electrons. The Kier molecular flexibility index (Phi) is 4.68. The second-order valence-corrected chi connectivity index (χ2v) is 5.73. The van der Waals surface area contributed by atoms with Crippen LogP contribution in [0.3, 0.4) is 0 Å². The highest BCUT2D eigenvalue weighted by atomic mass is 32.2. The summed E-state index contributed by atoms with van der Waals surface area (Å²) < 4.78 is 4.72. The van der Waals surface area contributed by atoms with E-state index in [1.54, 1.807) is 9.80 Å². The minimum absolute atomic E-state index is 0.0138. The van der Waals surface area contributed by atoms with E-state index in [0.717, 1.165) is 12.8 Å². The Labute approximate surface area is 116 Å². The van der Waals surface area contributed by atoms with Gasteiger partial charge in [0.2, 0.25) is 11.8 Å². The molecule has 0 radical (unpaired) electrons. The van der Waals surface area contributed by atoms with Gasteiger partial charge < -0.3 is 14.5 Å². The van der Waals surface area contributed by atoms with Gasteiger partial charge in [0, 0.05) is 13.1 Å². The average molecular weight is 286 g/mol. The molecule has 0 spiro atoms. The summed E-state index contributed by atoms with van der Waals surface area (Å²) in [4.78, 5) is 38.3. The fraction of sp³-hybridized carbons (Fsp3) is 0.750. The first-order valence-electron chi connectivity index (χ1n) is 6.33. The van der Waals surface area contributed by atoms with Gasteiger partial charge in [-0.25, -0.2) is 0 Å². The van der Waals surface area contributed by atoms with Gasteiger partial charge in [-0.15, -0.1) is 11.8 Å². The van der Waals surface area contributed by atoms with Crippen LogP contribution in [0.25, 0.3) is 0 Å². The molecular weight excluding hydrogens is 268 g/mol. The lowest BCUT2D eigenvalue weighted by molar-refractivity contribution is -0.149. The molecular formula is C12H18N2O4S. The van der Waals surface area contributed by atoms with Crippen molar-refractivity contribution in [3.63, 3.8) is 0 Å². The average Bonchev–Trinajstić information content (AvgIpc) is 2.83. The molecule has 0 aliphatic carbocycles. The molecule has 2 amide bonds. The van der Waals surface area contributed by atoms with Crippen LogP contribution in [0.5, 0.6) is 0 Å². The maximum atomic E-state index is 12.1. The Bertz CT molecular complexity index is 388. The molecule has 0 saturated carbocycles. The highest BCUT2D eigenvalue weighted by Gasteiger charge is 2.31. The molecule has 2 aliphatic heterocycles. The Morgan fingerprint density at radius 3 is 2.89 bits per heavy atom. The molecule has 0 aromatic carbocycles. The number of hydrogen-bond donors (Lipinski definition) is 0. The number of methoxy groups -OCH3 is 1. The van der Waals surface area contributed by atoms with Crippen molar-refractivity contribution >= 4 is 29.5 Å². The van der Waals surface area contributed by atoms with Crippen LogP contribution in [0.4, 0.5) is 0 Å². The molecule has 2 saturated heterocycles. The van der Waals surface area contributed by atoms with Crippen LogP contribution in [0, 0.1) is 5.92 Å². The predicted molar refractivity (Wildman–Crippen MR) is 70.4 cm³/mol. The number of rotatable bonds is 3. The molecule has 2 rings (SSSR count). The fourth-order valence-corrected chi connectivity index (χ4v) is 3.27. The Morgan fingerprint density at radius 1 is 1.47 bits per heavy atom. The summed E-state index contributed by atoms with van der Waals surface area (Å²) >= 11 is 1.52. The van der Waals surface area contributed by atoms with Crippen molar-refractivity contribution in [2.24, 2.45) is 5.92 Å². The van der Waals surface area contributed by atoms with Gasteiger partial charge in [-0.05, 0) is 12.8 Å². The van der Waals surface area contributed by atoms with Crippen molar-refractivity contribution in [1.29, 1.82) is 0 Å². The van der Waals surface area contributed by atoms with E-state index in [1.165, 1.54) is 18.9 Å².